The Bertz CT molecular complexity index is 690. The van der Waals surface area contributed by atoms with Crippen LogP contribution in [-0.4, -0.2) is 15.7 Å². The van der Waals surface area contributed by atoms with Gasteiger partial charge in [0, 0.05) is 17.3 Å². The van der Waals surface area contributed by atoms with Gasteiger partial charge in [-0.3, -0.25) is 20.5 Å². The lowest BCUT2D eigenvalue weighted by Gasteiger charge is -2.09. The lowest BCUT2D eigenvalue weighted by molar-refractivity contribution is -0.385. The molecule has 0 unspecified atom stereocenters. The minimum Gasteiger partial charge on any atom is -0.448 e. The van der Waals surface area contributed by atoms with Crippen molar-refractivity contribution in [1.82, 2.24) is 4.98 Å². The Labute approximate surface area is 118 Å². The molecule has 1 aromatic heterocycles. The van der Waals surface area contributed by atoms with Crippen LogP contribution in [0.3, 0.4) is 0 Å². The van der Waals surface area contributed by atoms with Gasteiger partial charge in [0.25, 0.3) is 0 Å². The van der Waals surface area contributed by atoms with Crippen molar-refractivity contribution in [1.29, 1.82) is 5.41 Å². The van der Waals surface area contributed by atoms with Crippen LogP contribution in [0.2, 0.25) is 5.02 Å². The SMILES string of the molecule is N=C(N)c1ccncc1Oc1ccc(Cl)cc1[N+](=O)[O-]. The Morgan fingerprint density at radius 3 is 2.80 bits per heavy atom. The van der Waals surface area contributed by atoms with Gasteiger partial charge in [0.15, 0.2) is 5.75 Å². The lowest BCUT2D eigenvalue weighted by atomic mass is 10.2. The summed E-state index contributed by atoms with van der Waals surface area (Å²) in [6.45, 7) is 0. The zero-order valence-corrected chi connectivity index (χ0v) is 10.8. The van der Waals surface area contributed by atoms with Crippen LogP contribution in [0.1, 0.15) is 5.56 Å². The van der Waals surface area contributed by atoms with Gasteiger partial charge in [-0.05, 0) is 18.2 Å². The minimum atomic E-state index is -0.606. The number of nitro groups is 1. The molecular formula is C12H9ClN4O3. The van der Waals surface area contributed by atoms with Gasteiger partial charge in [-0.1, -0.05) is 11.6 Å². The van der Waals surface area contributed by atoms with E-state index in [1.807, 2.05) is 0 Å². The van der Waals surface area contributed by atoms with Gasteiger partial charge in [-0.15, -0.1) is 0 Å². The minimum absolute atomic E-state index is 0.00472. The maximum absolute atomic E-state index is 11.0. The van der Waals surface area contributed by atoms with Gasteiger partial charge < -0.3 is 10.5 Å². The van der Waals surface area contributed by atoms with Gasteiger partial charge in [0.05, 0.1) is 16.7 Å². The lowest BCUT2D eigenvalue weighted by Crippen LogP contribution is -2.12. The summed E-state index contributed by atoms with van der Waals surface area (Å²) in [4.78, 5) is 14.2. The molecule has 1 heterocycles. The normalized spacial score (nSPS) is 10.1. The molecule has 3 N–H and O–H groups in total. The molecule has 0 saturated heterocycles. The van der Waals surface area contributed by atoms with Gasteiger partial charge in [-0.2, -0.15) is 0 Å². The van der Waals surface area contributed by atoms with Crippen molar-refractivity contribution in [2.75, 3.05) is 0 Å². The van der Waals surface area contributed by atoms with E-state index < -0.39 is 4.92 Å². The summed E-state index contributed by atoms with van der Waals surface area (Å²) in [5.74, 6) is -0.0701. The second kappa shape index (κ2) is 5.54. The number of pyridine rings is 1. The average molecular weight is 293 g/mol. The molecule has 2 aromatic rings. The van der Waals surface area contributed by atoms with Crippen molar-refractivity contribution < 1.29 is 9.66 Å². The van der Waals surface area contributed by atoms with E-state index in [0.29, 0.717) is 5.56 Å². The van der Waals surface area contributed by atoms with Crippen molar-refractivity contribution in [3.63, 3.8) is 0 Å². The molecule has 0 atom stereocenters. The molecule has 20 heavy (non-hydrogen) atoms. The zero-order chi connectivity index (χ0) is 14.7. The maximum atomic E-state index is 11.0. The van der Waals surface area contributed by atoms with Gasteiger partial charge in [0.1, 0.15) is 5.84 Å². The highest BCUT2D eigenvalue weighted by atomic mass is 35.5. The summed E-state index contributed by atoms with van der Waals surface area (Å²) in [5.41, 5.74) is 5.42. The van der Waals surface area contributed by atoms with E-state index in [2.05, 4.69) is 4.98 Å². The molecule has 0 saturated carbocycles. The number of amidine groups is 1. The standard InChI is InChI=1S/C12H9ClN4O3/c13-7-1-2-10(9(5-7)17(18)19)20-11-6-16-4-3-8(11)12(14)15/h1-6H,(H3,14,15). The highest BCUT2D eigenvalue weighted by Crippen LogP contribution is 2.34. The average Bonchev–Trinajstić information content (AvgIpc) is 2.41. The molecule has 0 fully saturated rings. The van der Waals surface area contributed by atoms with Crippen LogP contribution >= 0.6 is 11.6 Å². The molecule has 0 spiro atoms. The highest BCUT2D eigenvalue weighted by Gasteiger charge is 2.18. The molecule has 0 aliphatic rings. The number of benzene rings is 1. The first-order valence-corrected chi connectivity index (χ1v) is 5.77. The molecule has 0 bridgehead atoms. The fourth-order valence-corrected chi connectivity index (χ4v) is 1.69. The number of nitrogens with two attached hydrogens (primary N) is 1. The molecular weight excluding hydrogens is 284 g/mol. The van der Waals surface area contributed by atoms with Gasteiger partial charge in [-0.25, -0.2) is 0 Å². The largest absolute Gasteiger partial charge is 0.448 e. The van der Waals surface area contributed by atoms with E-state index in [9.17, 15) is 10.1 Å². The molecule has 7 nitrogen and oxygen atoms in total. The third kappa shape index (κ3) is 2.83. The number of hydrogen-bond acceptors (Lipinski definition) is 5. The van der Waals surface area contributed by atoms with Crippen LogP contribution in [0.5, 0.6) is 11.5 Å². The van der Waals surface area contributed by atoms with Crippen LogP contribution in [0.4, 0.5) is 5.69 Å². The Morgan fingerprint density at radius 1 is 1.40 bits per heavy atom. The summed E-state index contributed by atoms with van der Waals surface area (Å²) in [7, 11) is 0. The van der Waals surface area contributed by atoms with Crippen LogP contribution in [0, 0.1) is 15.5 Å². The summed E-state index contributed by atoms with van der Waals surface area (Å²) in [6, 6.07) is 5.51. The first-order valence-electron chi connectivity index (χ1n) is 5.39. The fourth-order valence-electron chi connectivity index (χ4n) is 1.52. The monoisotopic (exact) mass is 292 g/mol. The molecule has 1 aromatic carbocycles. The number of nitrogens with zero attached hydrogens (tertiary/aromatic N) is 2. The molecule has 2 rings (SSSR count). The predicted molar refractivity (Wildman–Crippen MR) is 73.4 cm³/mol. The van der Waals surface area contributed by atoms with E-state index in [0.717, 1.165) is 0 Å². The second-order valence-corrected chi connectivity index (χ2v) is 4.19. The number of rotatable bonds is 4. The van der Waals surface area contributed by atoms with E-state index in [4.69, 9.17) is 27.5 Å². The molecule has 0 aliphatic heterocycles. The van der Waals surface area contributed by atoms with Crippen molar-refractivity contribution >= 4 is 23.1 Å². The third-order valence-electron chi connectivity index (χ3n) is 2.41. The zero-order valence-electron chi connectivity index (χ0n) is 10.0. The van der Waals surface area contributed by atoms with Crippen molar-refractivity contribution in [2.45, 2.75) is 0 Å². The van der Waals surface area contributed by atoms with E-state index in [1.54, 1.807) is 0 Å². The van der Waals surface area contributed by atoms with E-state index >= 15 is 0 Å². The Morgan fingerprint density at radius 2 is 2.15 bits per heavy atom. The summed E-state index contributed by atoms with van der Waals surface area (Å²) >= 11 is 5.72. The number of hydrogen-bond donors (Lipinski definition) is 2. The number of nitrogen functional groups attached to an aromatic ring is 1. The number of halogens is 1. The number of nitro benzene ring substituents is 1. The van der Waals surface area contributed by atoms with Crippen molar-refractivity contribution in [3.05, 3.63) is 57.4 Å². The van der Waals surface area contributed by atoms with Crippen LogP contribution < -0.4 is 10.5 Å². The van der Waals surface area contributed by atoms with Crippen LogP contribution in [0.25, 0.3) is 0 Å². The number of nitrogens with one attached hydrogen (secondary N) is 1. The van der Waals surface area contributed by atoms with E-state index in [-0.39, 0.29) is 28.0 Å². The van der Waals surface area contributed by atoms with Crippen LogP contribution in [0.15, 0.2) is 36.7 Å². The molecule has 0 amide bonds. The van der Waals surface area contributed by atoms with E-state index in [1.165, 1.54) is 36.7 Å². The van der Waals surface area contributed by atoms with Crippen LogP contribution in [-0.2, 0) is 0 Å². The van der Waals surface area contributed by atoms with Gasteiger partial charge in [0.2, 0.25) is 5.75 Å². The Kier molecular flexibility index (Phi) is 3.81. The molecule has 0 aliphatic carbocycles. The molecule has 102 valence electrons. The molecule has 8 heteroatoms. The molecule has 0 radical (unpaired) electrons. The second-order valence-electron chi connectivity index (χ2n) is 3.76. The Hall–Kier alpha value is -2.67. The van der Waals surface area contributed by atoms with Crippen molar-refractivity contribution in [2.24, 2.45) is 5.73 Å². The topological polar surface area (TPSA) is 115 Å². The quantitative estimate of drug-likeness (QED) is 0.389. The predicted octanol–water partition coefficient (Wildman–Crippen LogP) is 2.72. The first kappa shape index (κ1) is 13.8. The summed E-state index contributed by atoms with van der Waals surface area (Å²) < 4.78 is 5.43. The number of aromatic nitrogens is 1. The van der Waals surface area contributed by atoms with Crippen molar-refractivity contribution in [3.8, 4) is 11.5 Å². The maximum Gasteiger partial charge on any atom is 0.313 e. The Balaban J connectivity index is 2.45. The van der Waals surface area contributed by atoms with Gasteiger partial charge >= 0.3 is 5.69 Å². The summed E-state index contributed by atoms with van der Waals surface area (Å²) in [5, 5.41) is 18.6. The number of ether oxygens (including phenoxy) is 1. The summed E-state index contributed by atoms with van der Waals surface area (Å²) in [6.07, 6.45) is 2.77. The highest BCUT2D eigenvalue weighted by molar-refractivity contribution is 6.30. The third-order valence-corrected chi connectivity index (χ3v) is 2.65. The smallest absolute Gasteiger partial charge is 0.313 e. The fraction of sp³-hybridized carbons (Fsp3) is 0. The first-order chi connectivity index (χ1) is 9.49.